The summed E-state index contributed by atoms with van der Waals surface area (Å²) in [6.07, 6.45) is 2.79. The van der Waals surface area contributed by atoms with Gasteiger partial charge in [-0.05, 0) is 49.8 Å². The van der Waals surface area contributed by atoms with Crippen LogP contribution in [0.1, 0.15) is 28.9 Å². The van der Waals surface area contributed by atoms with E-state index < -0.39 is 6.03 Å². The average molecular weight is 414 g/mol. The molecule has 152 valence electrons. The summed E-state index contributed by atoms with van der Waals surface area (Å²) in [7, 11) is 0. The van der Waals surface area contributed by atoms with E-state index in [2.05, 4.69) is 20.6 Å². The van der Waals surface area contributed by atoms with Crippen LogP contribution < -0.4 is 10.6 Å². The Balaban J connectivity index is 1.60. The number of aryl methyl sites for hydroxylation is 2. The van der Waals surface area contributed by atoms with Crippen LogP contribution in [0.15, 0.2) is 29.4 Å². The first-order valence-corrected chi connectivity index (χ1v) is 10.4. The third-order valence-corrected chi connectivity index (χ3v) is 5.22. The van der Waals surface area contributed by atoms with Crippen LogP contribution in [0.3, 0.4) is 0 Å². The number of amides is 4. The molecular formula is C20H23N5O3S. The second kappa shape index (κ2) is 9.04. The van der Waals surface area contributed by atoms with E-state index in [1.807, 2.05) is 26.2 Å². The fourth-order valence-electron chi connectivity index (χ4n) is 3.17. The minimum atomic E-state index is -0.398. The Hall–Kier alpha value is -2.94. The van der Waals surface area contributed by atoms with Gasteiger partial charge in [0.2, 0.25) is 11.8 Å². The second-order valence-corrected chi connectivity index (χ2v) is 7.52. The normalized spacial score (nSPS) is 13.6. The van der Waals surface area contributed by atoms with Crippen molar-refractivity contribution in [1.29, 1.82) is 0 Å². The monoisotopic (exact) mass is 413 g/mol. The number of imide groups is 1. The highest BCUT2D eigenvalue weighted by molar-refractivity contribution is 7.98. The van der Waals surface area contributed by atoms with Crippen molar-refractivity contribution in [2.75, 3.05) is 18.1 Å². The lowest BCUT2D eigenvalue weighted by Crippen LogP contribution is -2.30. The number of benzene rings is 1. The maximum atomic E-state index is 12.4. The average Bonchev–Trinajstić information content (AvgIpc) is 2.99. The summed E-state index contributed by atoms with van der Waals surface area (Å²) in [4.78, 5) is 45.9. The number of urea groups is 1. The number of carbonyl (C=O) groups is 3. The van der Waals surface area contributed by atoms with Crippen LogP contribution >= 0.6 is 11.8 Å². The van der Waals surface area contributed by atoms with Crippen molar-refractivity contribution in [3.8, 4) is 0 Å². The van der Waals surface area contributed by atoms with Gasteiger partial charge in [-0.25, -0.2) is 14.8 Å². The van der Waals surface area contributed by atoms with Gasteiger partial charge < -0.3 is 10.6 Å². The Morgan fingerprint density at radius 3 is 2.59 bits per heavy atom. The lowest BCUT2D eigenvalue weighted by molar-refractivity contribution is -0.125. The van der Waals surface area contributed by atoms with Crippen molar-refractivity contribution >= 4 is 35.3 Å². The topological polar surface area (TPSA) is 104 Å². The highest BCUT2D eigenvalue weighted by Gasteiger charge is 2.28. The number of anilines is 1. The van der Waals surface area contributed by atoms with Gasteiger partial charge in [0.15, 0.2) is 5.16 Å². The first-order chi connectivity index (χ1) is 13.9. The second-order valence-electron chi connectivity index (χ2n) is 6.75. The SMILES string of the molecule is CSc1nc(C)c(CCC(=O)Nc2cccc(CN3C(=O)CNC3=O)c2)c(C)n1. The number of rotatable bonds is 7. The number of hydrogen-bond donors (Lipinski definition) is 2. The molecular weight excluding hydrogens is 390 g/mol. The molecule has 1 aromatic heterocycles. The van der Waals surface area contributed by atoms with Crippen LogP contribution in [0, 0.1) is 13.8 Å². The third kappa shape index (κ3) is 5.11. The van der Waals surface area contributed by atoms with Gasteiger partial charge in [0.1, 0.15) is 0 Å². The first kappa shape index (κ1) is 20.8. The van der Waals surface area contributed by atoms with Crippen LogP contribution in [0.4, 0.5) is 10.5 Å². The molecule has 29 heavy (non-hydrogen) atoms. The zero-order valence-corrected chi connectivity index (χ0v) is 17.4. The van der Waals surface area contributed by atoms with E-state index in [4.69, 9.17) is 0 Å². The Kier molecular flexibility index (Phi) is 6.48. The maximum absolute atomic E-state index is 12.4. The standard InChI is InChI=1S/C20H23N5O3S/c1-12-16(13(2)23-19(22-12)29-3)7-8-17(26)24-15-6-4-5-14(9-15)11-25-18(27)10-21-20(25)28/h4-6,9H,7-8,10-11H2,1-3H3,(H,21,28)(H,24,26). The molecule has 3 rings (SSSR count). The van der Waals surface area contributed by atoms with Crippen molar-refractivity contribution in [2.45, 2.75) is 38.4 Å². The molecule has 0 saturated carbocycles. The lowest BCUT2D eigenvalue weighted by atomic mass is 10.1. The molecule has 1 aliphatic rings. The van der Waals surface area contributed by atoms with Gasteiger partial charge in [0.05, 0.1) is 13.1 Å². The van der Waals surface area contributed by atoms with Gasteiger partial charge >= 0.3 is 6.03 Å². The number of nitrogens with zero attached hydrogens (tertiary/aromatic N) is 3. The predicted molar refractivity (Wildman–Crippen MR) is 111 cm³/mol. The van der Waals surface area contributed by atoms with E-state index in [0.29, 0.717) is 18.5 Å². The molecule has 2 N–H and O–H groups in total. The summed E-state index contributed by atoms with van der Waals surface area (Å²) in [6.45, 7) is 4.06. The zero-order valence-electron chi connectivity index (χ0n) is 16.6. The number of carbonyl (C=O) groups excluding carboxylic acids is 3. The van der Waals surface area contributed by atoms with Crippen molar-refractivity contribution in [2.24, 2.45) is 0 Å². The Morgan fingerprint density at radius 1 is 1.24 bits per heavy atom. The summed E-state index contributed by atoms with van der Waals surface area (Å²) in [5.74, 6) is -0.380. The van der Waals surface area contributed by atoms with E-state index >= 15 is 0 Å². The molecule has 2 aromatic rings. The molecule has 1 fully saturated rings. The van der Waals surface area contributed by atoms with E-state index in [-0.39, 0.29) is 24.9 Å². The summed E-state index contributed by atoms with van der Waals surface area (Å²) in [5, 5.41) is 6.10. The molecule has 0 spiro atoms. The first-order valence-electron chi connectivity index (χ1n) is 9.22. The van der Waals surface area contributed by atoms with Crippen molar-refractivity contribution in [3.63, 3.8) is 0 Å². The van der Waals surface area contributed by atoms with E-state index in [1.54, 1.807) is 18.2 Å². The predicted octanol–water partition coefficient (Wildman–Crippen LogP) is 2.44. The molecule has 9 heteroatoms. The van der Waals surface area contributed by atoms with E-state index in [0.717, 1.165) is 32.6 Å². The molecule has 0 unspecified atom stereocenters. The molecule has 8 nitrogen and oxygen atoms in total. The number of hydrogen-bond acceptors (Lipinski definition) is 6. The summed E-state index contributed by atoms with van der Waals surface area (Å²) < 4.78 is 0. The van der Waals surface area contributed by atoms with Crippen molar-refractivity contribution in [3.05, 3.63) is 46.8 Å². The summed E-state index contributed by atoms with van der Waals surface area (Å²) in [6, 6.07) is 6.74. The molecule has 2 heterocycles. The van der Waals surface area contributed by atoms with Crippen LogP contribution in [-0.4, -0.2) is 45.5 Å². The largest absolute Gasteiger partial charge is 0.329 e. The number of aromatic nitrogens is 2. The zero-order chi connectivity index (χ0) is 21.0. The molecule has 1 saturated heterocycles. The van der Waals surface area contributed by atoms with Crippen LogP contribution in [0.25, 0.3) is 0 Å². The molecule has 4 amide bonds. The van der Waals surface area contributed by atoms with Gasteiger partial charge in [-0.1, -0.05) is 23.9 Å². The van der Waals surface area contributed by atoms with Gasteiger partial charge in [-0.3, -0.25) is 14.5 Å². The smallest absolute Gasteiger partial charge is 0.324 e. The van der Waals surface area contributed by atoms with Crippen molar-refractivity contribution < 1.29 is 14.4 Å². The minimum Gasteiger partial charge on any atom is -0.329 e. The third-order valence-electron chi connectivity index (χ3n) is 4.67. The van der Waals surface area contributed by atoms with Gasteiger partial charge in [-0.15, -0.1) is 0 Å². The van der Waals surface area contributed by atoms with E-state index in [9.17, 15) is 14.4 Å². The number of nitrogens with one attached hydrogen (secondary N) is 2. The molecule has 0 bridgehead atoms. The Morgan fingerprint density at radius 2 is 1.97 bits per heavy atom. The summed E-state index contributed by atoms with van der Waals surface area (Å²) in [5.41, 5.74) is 4.17. The van der Waals surface area contributed by atoms with Crippen molar-refractivity contribution in [1.82, 2.24) is 20.2 Å². The Bertz CT molecular complexity index is 924. The van der Waals surface area contributed by atoms with Gasteiger partial charge in [0.25, 0.3) is 0 Å². The number of thioether (sulfide) groups is 1. The fraction of sp³-hybridized carbons (Fsp3) is 0.350. The molecule has 0 aliphatic carbocycles. The lowest BCUT2D eigenvalue weighted by Gasteiger charge is -2.14. The Labute approximate surface area is 173 Å². The highest BCUT2D eigenvalue weighted by Crippen LogP contribution is 2.18. The molecule has 1 aliphatic heterocycles. The quantitative estimate of drug-likeness (QED) is 0.410. The minimum absolute atomic E-state index is 0.0235. The molecule has 1 aromatic carbocycles. The molecule has 0 atom stereocenters. The van der Waals surface area contributed by atoms with Crippen LogP contribution in [0.2, 0.25) is 0 Å². The highest BCUT2D eigenvalue weighted by atomic mass is 32.2. The van der Waals surface area contributed by atoms with Gasteiger partial charge in [-0.2, -0.15) is 0 Å². The fourth-order valence-corrected chi connectivity index (χ4v) is 3.63. The maximum Gasteiger partial charge on any atom is 0.324 e. The van der Waals surface area contributed by atoms with Crippen LogP contribution in [-0.2, 0) is 22.6 Å². The van der Waals surface area contributed by atoms with E-state index in [1.165, 1.54) is 11.8 Å². The summed E-state index contributed by atoms with van der Waals surface area (Å²) >= 11 is 1.49. The van der Waals surface area contributed by atoms with Gasteiger partial charge in [0, 0.05) is 23.5 Å². The van der Waals surface area contributed by atoms with Crippen LogP contribution in [0.5, 0.6) is 0 Å². The molecule has 0 radical (unpaired) electrons.